The Morgan fingerprint density at radius 1 is 1.47 bits per heavy atom. The lowest BCUT2D eigenvalue weighted by Crippen LogP contribution is -2.25. The summed E-state index contributed by atoms with van der Waals surface area (Å²) in [6.45, 7) is 2.86. The topological polar surface area (TPSA) is 34.1 Å². The highest BCUT2D eigenvalue weighted by Gasteiger charge is 2.07. The minimum atomic E-state index is 0.149. The summed E-state index contributed by atoms with van der Waals surface area (Å²) in [6, 6.07) is 8.06. The molecule has 1 N–H and O–H groups in total. The quantitative estimate of drug-likeness (QED) is 0.861. The first-order valence-electron chi connectivity index (χ1n) is 4.96. The van der Waals surface area contributed by atoms with Crippen molar-refractivity contribution in [1.82, 2.24) is 10.3 Å². The number of ether oxygens (including phenoxy) is 1. The van der Waals surface area contributed by atoms with Crippen molar-refractivity contribution >= 4 is 21.6 Å². The molecule has 0 radical (unpaired) electrons. The SMILES string of the molecule is CNCC(C)Oc1nc2ccccc2s1. The molecule has 0 amide bonds. The molecule has 3 nitrogen and oxygen atoms in total. The molecule has 1 heterocycles. The summed E-state index contributed by atoms with van der Waals surface area (Å²) in [4.78, 5) is 4.40. The fourth-order valence-corrected chi connectivity index (χ4v) is 2.31. The molecule has 4 heteroatoms. The zero-order valence-corrected chi connectivity index (χ0v) is 9.67. The number of para-hydroxylation sites is 1. The van der Waals surface area contributed by atoms with Crippen LogP contribution < -0.4 is 10.1 Å². The van der Waals surface area contributed by atoms with Gasteiger partial charge in [0.05, 0.1) is 10.2 Å². The van der Waals surface area contributed by atoms with E-state index in [4.69, 9.17) is 4.74 Å². The van der Waals surface area contributed by atoms with Crippen LogP contribution in [0.25, 0.3) is 10.2 Å². The number of hydrogen-bond donors (Lipinski definition) is 1. The Morgan fingerprint density at radius 2 is 2.27 bits per heavy atom. The van der Waals surface area contributed by atoms with E-state index in [2.05, 4.69) is 16.4 Å². The molecule has 0 aliphatic rings. The zero-order valence-electron chi connectivity index (χ0n) is 8.86. The van der Waals surface area contributed by atoms with Crippen LogP contribution in [0.3, 0.4) is 0 Å². The van der Waals surface area contributed by atoms with Crippen LogP contribution in [-0.2, 0) is 0 Å². The normalized spacial score (nSPS) is 12.9. The van der Waals surface area contributed by atoms with Gasteiger partial charge in [0, 0.05) is 6.54 Å². The average molecular weight is 222 g/mol. The molecule has 1 aromatic carbocycles. The third-order valence-corrected chi connectivity index (χ3v) is 3.00. The van der Waals surface area contributed by atoms with Crippen LogP contribution in [0, 0.1) is 0 Å². The number of benzene rings is 1. The molecule has 1 aromatic heterocycles. The summed E-state index contributed by atoms with van der Waals surface area (Å²) in [6.07, 6.45) is 0.149. The second-order valence-corrected chi connectivity index (χ2v) is 4.43. The number of hydrogen-bond acceptors (Lipinski definition) is 4. The van der Waals surface area contributed by atoms with Crippen LogP contribution in [0.1, 0.15) is 6.92 Å². The van der Waals surface area contributed by atoms with Gasteiger partial charge >= 0.3 is 0 Å². The van der Waals surface area contributed by atoms with Gasteiger partial charge in [0.15, 0.2) is 0 Å². The van der Waals surface area contributed by atoms with Crippen LogP contribution in [0.5, 0.6) is 5.19 Å². The Bertz CT molecular complexity index is 408. The first-order valence-corrected chi connectivity index (χ1v) is 5.78. The van der Waals surface area contributed by atoms with Gasteiger partial charge in [0.25, 0.3) is 5.19 Å². The van der Waals surface area contributed by atoms with E-state index >= 15 is 0 Å². The highest BCUT2D eigenvalue weighted by atomic mass is 32.1. The predicted octanol–water partition coefficient (Wildman–Crippen LogP) is 2.28. The van der Waals surface area contributed by atoms with Crippen molar-refractivity contribution in [3.8, 4) is 5.19 Å². The van der Waals surface area contributed by atoms with Crippen molar-refractivity contribution in [2.45, 2.75) is 13.0 Å². The number of nitrogens with zero attached hydrogens (tertiary/aromatic N) is 1. The van der Waals surface area contributed by atoms with E-state index in [1.165, 1.54) is 4.70 Å². The molecule has 2 aromatic rings. The highest BCUT2D eigenvalue weighted by molar-refractivity contribution is 7.20. The molecular weight excluding hydrogens is 208 g/mol. The Balaban J connectivity index is 2.15. The molecular formula is C11H14N2OS. The van der Waals surface area contributed by atoms with Crippen molar-refractivity contribution in [1.29, 1.82) is 0 Å². The van der Waals surface area contributed by atoms with Crippen molar-refractivity contribution in [3.63, 3.8) is 0 Å². The molecule has 0 aliphatic heterocycles. The maximum Gasteiger partial charge on any atom is 0.274 e. The lowest BCUT2D eigenvalue weighted by Gasteiger charge is -2.10. The summed E-state index contributed by atoms with van der Waals surface area (Å²) < 4.78 is 6.86. The van der Waals surface area contributed by atoms with E-state index < -0.39 is 0 Å². The number of fused-ring (bicyclic) bond motifs is 1. The first kappa shape index (κ1) is 10.4. The number of nitrogens with one attached hydrogen (secondary N) is 1. The monoisotopic (exact) mass is 222 g/mol. The Kier molecular flexibility index (Phi) is 3.18. The van der Waals surface area contributed by atoms with Crippen LogP contribution in [-0.4, -0.2) is 24.7 Å². The van der Waals surface area contributed by atoms with Gasteiger partial charge in [0.2, 0.25) is 0 Å². The molecule has 0 fully saturated rings. The third kappa shape index (κ3) is 2.46. The Morgan fingerprint density at radius 3 is 3.00 bits per heavy atom. The van der Waals surface area contributed by atoms with Crippen LogP contribution in [0.2, 0.25) is 0 Å². The van der Waals surface area contributed by atoms with E-state index in [0.29, 0.717) is 0 Å². The molecule has 0 saturated carbocycles. The van der Waals surface area contributed by atoms with Gasteiger partial charge in [0.1, 0.15) is 6.10 Å². The maximum atomic E-state index is 5.68. The number of aromatic nitrogens is 1. The summed E-state index contributed by atoms with van der Waals surface area (Å²) in [7, 11) is 1.91. The standard InChI is InChI=1S/C11H14N2OS/c1-8(7-12-2)14-11-13-9-5-3-4-6-10(9)15-11/h3-6,8,12H,7H2,1-2H3. The molecule has 0 bridgehead atoms. The lowest BCUT2D eigenvalue weighted by atomic mass is 10.3. The van der Waals surface area contributed by atoms with E-state index in [0.717, 1.165) is 17.3 Å². The molecule has 80 valence electrons. The lowest BCUT2D eigenvalue weighted by molar-refractivity contribution is 0.220. The second kappa shape index (κ2) is 4.59. The van der Waals surface area contributed by atoms with Crippen molar-refractivity contribution in [2.75, 3.05) is 13.6 Å². The van der Waals surface area contributed by atoms with Gasteiger partial charge in [-0.05, 0) is 26.1 Å². The van der Waals surface area contributed by atoms with Gasteiger partial charge in [-0.2, -0.15) is 0 Å². The maximum absolute atomic E-state index is 5.68. The highest BCUT2D eigenvalue weighted by Crippen LogP contribution is 2.27. The summed E-state index contributed by atoms with van der Waals surface area (Å²) >= 11 is 1.59. The first-order chi connectivity index (χ1) is 7.29. The van der Waals surface area contributed by atoms with Gasteiger partial charge < -0.3 is 10.1 Å². The number of likely N-dealkylation sites (N-methyl/N-ethyl adjacent to an activating group) is 1. The van der Waals surface area contributed by atoms with E-state index in [1.54, 1.807) is 11.3 Å². The van der Waals surface area contributed by atoms with Gasteiger partial charge in [-0.25, -0.2) is 4.98 Å². The minimum Gasteiger partial charge on any atom is -0.466 e. The summed E-state index contributed by atoms with van der Waals surface area (Å²) in [5, 5.41) is 3.82. The smallest absolute Gasteiger partial charge is 0.274 e. The fourth-order valence-electron chi connectivity index (χ4n) is 1.40. The van der Waals surface area contributed by atoms with Crippen molar-refractivity contribution < 1.29 is 4.74 Å². The zero-order chi connectivity index (χ0) is 10.7. The van der Waals surface area contributed by atoms with Gasteiger partial charge in [-0.15, -0.1) is 0 Å². The average Bonchev–Trinajstić information content (AvgIpc) is 2.59. The van der Waals surface area contributed by atoms with Crippen LogP contribution in [0.15, 0.2) is 24.3 Å². The van der Waals surface area contributed by atoms with Crippen LogP contribution in [0.4, 0.5) is 0 Å². The Hall–Kier alpha value is -1.13. The number of rotatable bonds is 4. The molecule has 0 saturated heterocycles. The molecule has 1 atom stereocenters. The third-order valence-electron chi connectivity index (χ3n) is 2.07. The van der Waals surface area contributed by atoms with Crippen molar-refractivity contribution in [2.24, 2.45) is 0 Å². The van der Waals surface area contributed by atoms with E-state index in [-0.39, 0.29) is 6.10 Å². The summed E-state index contributed by atoms with van der Waals surface area (Å²) in [5.41, 5.74) is 1.01. The number of thiazole rings is 1. The molecule has 1 unspecified atom stereocenters. The molecule has 15 heavy (non-hydrogen) atoms. The van der Waals surface area contributed by atoms with Crippen LogP contribution >= 0.6 is 11.3 Å². The fraction of sp³-hybridized carbons (Fsp3) is 0.364. The van der Waals surface area contributed by atoms with Gasteiger partial charge in [-0.1, -0.05) is 23.5 Å². The predicted molar refractivity (Wildman–Crippen MR) is 63.6 cm³/mol. The second-order valence-electron chi connectivity index (χ2n) is 3.43. The van der Waals surface area contributed by atoms with E-state index in [1.807, 2.05) is 32.2 Å². The molecule has 0 aliphatic carbocycles. The summed E-state index contributed by atoms with van der Waals surface area (Å²) in [5.74, 6) is 0. The van der Waals surface area contributed by atoms with Crippen molar-refractivity contribution in [3.05, 3.63) is 24.3 Å². The van der Waals surface area contributed by atoms with E-state index in [9.17, 15) is 0 Å². The van der Waals surface area contributed by atoms with Gasteiger partial charge in [-0.3, -0.25) is 0 Å². The molecule has 0 spiro atoms. The molecule has 2 rings (SSSR count). The minimum absolute atomic E-state index is 0.149. The largest absolute Gasteiger partial charge is 0.466 e. The Labute approximate surface area is 93.1 Å².